The number of fused-ring (bicyclic) bond motifs is 1. The first-order valence-corrected chi connectivity index (χ1v) is 8.04. The van der Waals surface area contributed by atoms with E-state index >= 15 is 0 Å². The lowest BCUT2D eigenvalue weighted by molar-refractivity contribution is -0.133. The van der Waals surface area contributed by atoms with E-state index in [2.05, 4.69) is 30.7 Å². The van der Waals surface area contributed by atoms with Crippen LogP contribution < -0.4 is 0 Å². The minimum Gasteiger partial charge on any atom is -0.481 e. The molecule has 0 bridgehead atoms. The Kier molecular flexibility index (Phi) is 4.88. The van der Waals surface area contributed by atoms with Crippen molar-refractivity contribution in [1.82, 2.24) is 14.5 Å². The van der Waals surface area contributed by atoms with Crippen molar-refractivity contribution in [1.29, 1.82) is 0 Å². The van der Waals surface area contributed by atoms with Crippen LogP contribution in [-0.2, 0) is 11.3 Å². The number of hydrogen-bond donors (Lipinski definition) is 1. The number of imidazole rings is 1. The summed E-state index contributed by atoms with van der Waals surface area (Å²) in [7, 11) is 0. The Bertz CT molecular complexity index is 652. The number of thioether (sulfide) groups is 1. The third-order valence-corrected chi connectivity index (χ3v) is 4.58. The molecule has 0 radical (unpaired) electrons. The molecule has 21 heavy (non-hydrogen) atoms. The molecular formula is C15H21N3O2S. The Hall–Kier alpha value is -1.56. The molecule has 114 valence electrons. The molecule has 1 atom stereocenters. The van der Waals surface area contributed by atoms with Crippen molar-refractivity contribution < 1.29 is 9.90 Å². The molecule has 0 saturated carbocycles. The smallest absolute Gasteiger partial charge is 0.313 e. The molecule has 0 aliphatic heterocycles. The van der Waals surface area contributed by atoms with Crippen LogP contribution in [0.5, 0.6) is 0 Å². The van der Waals surface area contributed by atoms with Crippen LogP contribution in [0.25, 0.3) is 11.2 Å². The molecule has 2 aromatic rings. The van der Waals surface area contributed by atoms with Gasteiger partial charge in [-0.05, 0) is 30.4 Å². The fourth-order valence-corrected chi connectivity index (χ4v) is 2.72. The topological polar surface area (TPSA) is 68.0 Å². The molecular weight excluding hydrogens is 286 g/mol. The zero-order valence-corrected chi connectivity index (χ0v) is 13.6. The van der Waals surface area contributed by atoms with E-state index < -0.39 is 5.97 Å². The van der Waals surface area contributed by atoms with E-state index in [1.54, 1.807) is 0 Å². The molecule has 0 saturated heterocycles. The van der Waals surface area contributed by atoms with Crippen LogP contribution in [0.4, 0.5) is 0 Å². The largest absolute Gasteiger partial charge is 0.481 e. The van der Waals surface area contributed by atoms with Crippen molar-refractivity contribution in [2.24, 2.45) is 11.8 Å². The van der Waals surface area contributed by atoms with Crippen LogP contribution in [0, 0.1) is 18.8 Å². The Morgan fingerprint density at radius 2 is 2.14 bits per heavy atom. The predicted molar refractivity (Wildman–Crippen MR) is 84.6 cm³/mol. The molecule has 0 aromatic carbocycles. The zero-order valence-electron chi connectivity index (χ0n) is 12.8. The SMILES string of the molecule is Cc1cnc2c(c1)nc(SCC(=O)O)n2CC(C)C(C)C. The Balaban J connectivity index is 2.41. The van der Waals surface area contributed by atoms with Crippen molar-refractivity contribution in [2.75, 3.05) is 5.75 Å². The lowest BCUT2D eigenvalue weighted by Crippen LogP contribution is -2.14. The Morgan fingerprint density at radius 3 is 2.76 bits per heavy atom. The highest BCUT2D eigenvalue weighted by Crippen LogP contribution is 2.26. The maximum Gasteiger partial charge on any atom is 0.313 e. The normalized spacial score (nSPS) is 13.0. The van der Waals surface area contributed by atoms with Gasteiger partial charge in [0.15, 0.2) is 10.8 Å². The van der Waals surface area contributed by atoms with Crippen molar-refractivity contribution in [3.63, 3.8) is 0 Å². The van der Waals surface area contributed by atoms with Gasteiger partial charge in [-0.3, -0.25) is 4.79 Å². The average Bonchev–Trinajstić information content (AvgIpc) is 2.73. The summed E-state index contributed by atoms with van der Waals surface area (Å²) in [6, 6.07) is 1.99. The summed E-state index contributed by atoms with van der Waals surface area (Å²) in [6.45, 7) is 9.34. The first-order valence-electron chi connectivity index (χ1n) is 7.06. The van der Waals surface area contributed by atoms with Gasteiger partial charge >= 0.3 is 5.97 Å². The van der Waals surface area contributed by atoms with Crippen LogP contribution in [0.3, 0.4) is 0 Å². The van der Waals surface area contributed by atoms with Gasteiger partial charge in [0, 0.05) is 12.7 Å². The summed E-state index contributed by atoms with van der Waals surface area (Å²) in [5, 5.41) is 9.62. The van der Waals surface area contributed by atoms with E-state index in [9.17, 15) is 4.79 Å². The molecule has 1 unspecified atom stereocenters. The van der Waals surface area contributed by atoms with E-state index in [0.29, 0.717) is 11.8 Å². The quantitative estimate of drug-likeness (QED) is 0.830. The van der Waals surface area contributed by atoms with E-state index in [-0.39, 0.29) is 5.75 Å². The van der Waals surface area contributed by atoms with Crippen LogP contribution in [-0.4, -0.2) is 31.4 Å². The first-order chi connectivity index (χ1) is 9.88. The number of rotatable bonds is 6. The van der Waals surface area contributed by atoms with Crippen molar-refractivity contribution >= 4 is 28.9 Å². The predicted octanol–water partition coefficient (Wildman–Crippen LogP) is 3.21. The second-order valence-electron chi connectivity index (χ2n) is 5.76. The van der Waals surface area contributed by atoms with E-state index in [4.69, 9.17) is 5.11 Å². The van der Waals surface area contributed by atoms with E-state index in [1.165, 1.54) is 11.8 Å². The fraction of sp³-hybridized carbons (Fsp3) is 0.533. The van der Waals surface area contributed by atoms with Crippen molar-refractivity contribution in [2.45, 2.75) is 39.4 Å². The molecule has 0 aliphatic carbocycles. The maximum atomic E-state index is 10.8. The number of aliphatic carboxylic acids is 1. The van der Waals surface area contributed by atoms with Crippen LogP contribution in [0.2, 0.25) is 0 Å². The molecule has 0 spiro atoms. The zero-order chi connectivity index (χ0) is 15.6. The summed E-state index contributed by atoms with van der Waals surface area (Å²) in [6.07, 6.45) is 1.83. The third-order valence-electron chi connectivity index (χ3n) is 3.62. The minimum absolute atomic E-state index is 0.0123. The van der Waals surface area contributed by atoms with E-state index in [0.717, 1.165) is 28.4 Å². The minimum atomic E-state index is -0.834. The standard InChI is InChI=1S/C15H21N3O2S/c1-9(2)11(4)7-18-14-12(5-10(3)6-16-14)17-15(18)21-8-13(19)20/h5-6,9,11H,7-8H2,1-4H3,(H,19,20). The highest BCUT2D eigenvalue weighted by atomic mass is 32.2. The maximum absolute atomic E-state index is 10.8. The van der Waals surface area contributed by atoms with E-state index in [1.807, 2.05) is 23.8 Å². The summed E-state index contributed by atoms with van der Waals surface area (Å²) in [5.41, 5.74) is 2.72. The third kappa shape index (κ3) is 3.75. The van der Waals surface area contributed by atoms with Crippen LogP contribution in [0.1, 0.15) is 26.3 Å². The molecule has 2 rings (SSSR count). The molecule has 2 aromatic heterocycles. The van der Waals surface area contributed by atoms with Gasteiger partial charge in [0.2, 0.25) is 0 Å². The number of carboxylic acid groups (broad SMARTS) is 1. The molecule has 5 nitrogen and oxygen atoms in total. The molecule has 0 fully saturated rings. The molecule has 6 heteroatoms. The summed E-state index contributed by atoms with van der Waals surface area (Å²) >= 11 is 1.25. The molecule has 2 heterocycles. The number of pyridine rings is 1. The highest BCUT2D eigenvalue weighted by Gasteiger charge is 2.17. The number of aromatic nitrogens is 3. The van der Waals surface area contributed by atoms with Gasteiger partial charge in [-0.2, -0.15) is 0 Å². The van der Waals surface area contributed by atoms with Gasteiger partial charge in [0.25, 0.3) is 0 Å². The van der Waals surface area contributed by atoms with Crippen LogP contribution >= 0.6 is 11.8 Å². The van der Waals surface area contributed by atoms with Gasteiger partial charge in [-0.15, -0.1) is 0 Å². The first kappa shape index (κ1) is 15.8. The lowest BCUT2D eigenvalue weighted by Gasteiger charge is -2.17. The van der Waals surface area contributed by atoms with Gasteiger partial charge in [-0.1, -0.05) is 32.5 Å². The summed E-state index contributed by atoms with van der Waals surface area (Å²) in [5.74, 6) is 0.192. The molecule has 0 aliphatic rings. The van der Waals surface area contributed by atoms with Crippen molar-refractivity contribution in [3.8, 4) is 0 Å². The summed E-state index contributed by atoms with van der Waals surface area (Å²) in [4.78, 5) is 19.8. The van der Waals surface area contributed by atoms with Crippen LogP contribution in [0.15, 0.2) is 17.4 Å². The second kappa shape index (κ2) is 6.47. The second-order valence-corrected chi connectivity index (χ2v) is 6.71. The highest BCUT2D eigenvalue weighted by molar-refractivity contribution is 7.99. The fourth-order valence-electron chi connectivity index (χ4n) is 1.99. The Morgan fingerprint density at radius 1 is 1.43 bits per heavy atom. The lowest BCUT2D eigenvalue weighted by atomic mass is 9.98. The number of carbonyl (C=O) groups is 1. The number of hydrogen-bond acceptors (Lipinski definition) is 4. The van der Waals surface area contributed by atoms with Gasteiger partial charge in [0.05, 0.1) is 5.75 Å². The summed E-state index contributed by atoms with van der Waals surface area (Å²) < 4.78 is 2.05. The monoisotopic (exact) mass is 307 g/mol. The molecule has 0 amide bonds. The Labute approximate surface area is 128 Å². The number of nitrogens with zero attached hydrogens (tertiary/aromatic N) is 3. The average molecular weight is 307 g/mol. The van der Waals surface area contributed by atoms with Gasteiger partial charge in [-0.25, -0.2) is 9.97 Å². The number of aryl methyl sites for hydroxylation is 1. The van der Waals surface area contributed by atoms with Crippen molar-refractivity contribution in [3.05, 3.63) is 17.8 Å². The number of carboxylic acids is 1. The van der Waals surface area contributed by atoms with Gasteiger partial charge < -0.3 is 9.67 Å². The molecule has 1 N–H and O–H groups in total. The van der Waals surface area contributed by atoms with Gasteiger partial charge in [0.1, 0.15) is 5.52 Å².